The van der Waals surface area contributed by atoms with Gasteiger partial charge in [0.05, 0.1) is 0 Å². The van der Waals surface area contributed by atoms with Crippen molar-refractivity contribution in [2.45, 2.75) is 6.42 Å². The molecule has 6 heteroatoms. The lowest BCUT2D eigenvalue weighted by atomic mass is 10.1. The molecule has 2 aromatic rings. The average molecular weight is 326 g/mol. The van der Waals surface area contributed by atoms with Gasteiger partial charge in [-0.25, -0.2) is 4.79 Å². The largest absolute Gasteiger partial charge is 0.433 e. The van der Waals surface area contributed by atoms with Crippen molar-refractivity contribution >= 4 is 11.8 Å². The lowest BCUT2D eigenvalue weighted by Crippen LogP contribution is -2.46. The van der Waals surface area contributed by atoms with Crippen LogP contribution >= 0.6 is 0 Å². The molecule has 1 aliphatic heterocycles. The van der Waals surface area contributed by atoms with E-state index in [1.54, 1.807) is 24.5 Å². The van der Waals surface area contributed by atoms with Crippen LogP contribution in [0.2, 0.25) is 0 Å². The highest BCUT2D eigenvalue weighted by Gasteiger charge is 2.18. The minimum atomic E-state index is -0.362. The fourth-order valence-electron chi connectivity index (χ4n) is 2.59. The van der Waals surface area contributed by atoms with Crippen molar-refractivity contribution in [1.82, 2.24) is 15.4 Å². The SMILES string of the molecule is CN(C(=O)ON1CCNCC1)c1ccc(Cc2ccncc2)cc1. The number of amides is 1. The quantitative estimate of drug-likeness (QED) is 0.932. The maximum Gasteiger partial charge on any atom is 0.433 e. The number of piperazine rings is 1. The molecule has 126 valence electrons. The minimum absolute atomic E-state index is 0.362. The summed E-state index contributed by atoms with van der Waals surface area (Å²) in [5.41, 5.74) is 3.21. The summed E-state index contributed by atoms with van der Waals surface area (Å²) in [6.07, 6.45) is 4.07. The molecule has 1 N–H and O–H groups in total. The van der Waals surface area contributed by atoms with Gasteiger partial charge < -0.3 is 10.2 Å². The van der Waals surface area contributed by atoms with E-state index in [9.17, 15) is 4.79 Å². The summed E-state index contributed by atoms with van der Waals surface area (Å²) in [7, 11) is 1.72. The zero-order valence-corrected chi connectivity index (χ0v) is 13.8. The van der Waals surface area contributed by atoms with Crippen molar-refractivity contribution < 1.29 is 9.63 Å². The molecule has 0 radical (unpaired) electrons. The Bertz CT molecular complexity index is 654. The Hall–Kier alpha value is -2.44. The zero-order valence-electron chi connectivity index (χ0n) is 13.8. The van der Waals surface area contributed by atoms with Crippen molar-refractivity contribution in [1.29, 1.82) is 0 Å². The Balaban J connectivity index is 1.58. The number of nitrogens with one attached hydrogen (secondary N) is 1. The van der Waals surface area contributed by atoms with E-state index in [0.29, 0.717) is 13.1 Å². The van der Waals surface area contributed by atoms with Gasteiger partial charge >= 0.3 is 6.09 Å². The molecular weight excluding hydrogens is 304 g/mol. The predicted molar refractivity (Wildman–Crippen MR) is 92.8 cm³/mol. The van der Waals surface area contributed by atoms with E-state index in [1.807, 2.05) is 36.4 Å². The first-order valence-electron chi connectivity index (χ1n) is 8.11. The van der Waals surface area contributed by atoms with E-state index in [-0.39, 0.29) is 6.09 Å². The molecule has 1 aromatic heterocycles. The number of carbonyl (C=O) groups excluding carboxylic acids is 1. The molecule has 0 aliphatic carbocycles. The maximum absolute atomic E-state index is 12.2. The summed E-state index contributed by atoms with van der Waals surface area (Å²) in [4.78, 5) is 23.2. The van der Waals surface area contributed by atoms with Crippen molar-refractivity contribution in [3.05, 3.63) is 59.9 Å². The van der Waals surface area contributed by atoms with Crippen LogP contribution in [0.5, 0.6) is 0 Å². The van der Waals surface area contributed by atoms with Gasteiger partial charge in [0, 0.05) is 51.3 Å². The second kappa shape index (κ2) is 7.90. The van der Waals surface area contributed by atoms with Crippen LogP contribution in [0.3, 0.4) is 0 Å². The van der Waals surface area contributed by atoms with Crippen LogP contribution in [0.25, 0.3) is 0 Å². The molecule has 0 bridgehead atoms. The summed E-state index contributed by atoms with van der Waals surface area (Å²) in [6, 6.07) is 12.0. The van der Waals surface area contributed by atoms with Crippen LogP contribution in [-0.2, 0) is 11.3 Å². The van der Waals surface area contributed by atoms with Gasteiger partial charge in [-0.1, -0.05) is 12.1 Å². The van der Waals surface area contributed by atoms with Crippen molar-refractivity contribution in [3.8, 4) is 0 Å². The molecular formula is C18H22N4O2. The number of hydrogen-bond donors (Lipinski definition) is 1. The lowest BCUT2D eigenvalue weighted by molar-refractivity contribution is -0.103. The van der Waals surface area contributed by atoms with E-state index >= 15 is 0 Å². The van der Waals surface area contributed by atoms with Gasteiger partial charge in [0.25, 0.3) is 0 Å². The van der Waals surface area contributed by atoms with E-state index in [4.69, 9.17) is 4.84 Å². The number of carbonyl (C=O) groups is 1. The first-order chi connectivity index (χ1) is 11.7. The standard InChI is InChI=1S/C18H22N4O2/c1-21(18(23)24-22-12-10-20-11-13-22)17-4-2-15(3-5-17)14-16-6-8-19-9-7-16/h2-9,20H,10-14H2,1H3. The predicted octanol–water partition coefficient (Wildman–Crippen LogP) is 2.07. The van der Waals surface area contributed by atoms with E-state index < -0.39 is 0 Å². The van der Waals surface area contributed by atoms with Crippen LogP contribution in [-0.4, -0.2) is 49.4 Å². The Morgan fingerprint density at radius 2 is 1.75 bits per heavy atom. The summed E-state index contributed by atoms with van der Waals surface area (Å²) in [5, 5.41) is 4.93. The second-order valence-corrected chi connectivity index (χ2v) is 5.79. The first kappa shape index (κ1) is 16.4. The number of benzene rings is 1. The molecule has 1 amide bonds. The molecule has 0 saturated carbocycles. The number of anilines is 1. The van der Waals surface area contributed by atoms with Gasteiger partial charge in [-0.15, -0.1) is 5.06 Å². The Morgan fingerprint density at radius 1 is 1.12 bits per heavy atom. The van der Waals surface area contributed by atoms with Crippen molar-refractivity contribution in [2.24, 2.45) is 0 Å². The number of aromatic nitrogens is 1. The van der Waals surface area contributed by atoms with Crippen molar-refractivity contribution in [2.75, 3.05) is 38.1 Å². The van der Waals surface area contributed by atoms with Crippen LogP contribution in [0, 0.1) is 0 Å². The third kappa shape index (κ3) is 4.31. The first-order valence-corrected chi connectivity index (χ1v) is 8.11. The normalized spacial score (nSPS) is 15.0. The molecule has 1 aromatic carbocycles. The Morgan fingerprint density at radius 3 is 2.42 bits per heavy atom. The molecule has 24 heavy (non-hydrogen) atoms. The van der Waals surface area contributed by atoms with E-state index in [2.05, 4.69) is 10.3 Å². The molecule has 1 aliphatic rings. The number of nitrogens with zero attached hydrogens (tertiary/aromatic N) is 3. The third-order valence-corrected chi connectivity index (χ3v) is 4.04. The maximum atomic E-state index is 12.2. The van der Waals surface area contributed by atoms with Crippen LogP contribution in [0.15, 0.2) is 48.8 Å². The smallest absolute Gasteiger partial charge is 0.351 e. The van der Waals surface area contributed by atoms with Gasteiger partial charge in [-0.3, -0.25) is 9.88 Å². The molecule has 2 heterocycles. The van der Waals surface area contributed by atoms with Gasteiger partial charge in [-0.05, 0) is 41.8 Å². The van der Waals surface area contributed by atoms with E-state index in [0.717, 1.165) is 25.2 Å². The van der Waals surface area contributed by atoms with E-state index in [1.165, 1.54) is 16.0 Å². The number of hydroxylamine groups is 2. The lowest BCUT2D eigenvalue weighted by Gasteiger charge is -2.27. The summed E-state index contributed by atoms with van der Waals surface area (Å²) < 4.78 is 0. The summed E-state index contributed by atoms with van der Waals surface area (Å²) in [6.45, 7) is 3.09. The fourth-order valence-corrected chi connectivity index (χ4v) is 2.59. The van der Waals surface area contributed by atoms with Gasteiger partial charge in [0.1, 0.15) is 0 Å². The topological polar surface area (TPSA) is 57.7 Å². The molecule has 3 rings (SSSR count). The van der Waals surface area contributed by atoms with Crippen LogP contribution in [0.1, 0.15) is 11.1 Å². The van der Waals surface area contributed by atoms with Crippen molar-refractivity contribution in [3.63, 3.8) is 0 Å². The highest BCUT2D eigenvalue weighted by atomic mass is 16.7. The summed E-state index contributed by atoms with van der Waals surface area (Å²) >= 11 is 0. The van der Waals surface area contributed by atoms with Gasteiger partial charge in [0.15, 0.2) is 0 Å². The Kier molecular flexibility index (Phi) is 5.40. The van der Waals surface area contributed by atoms with Gasteiger partial charge in [-0.2, -0.15) is 0 Å². The highest BCUT2D eigenvalue weighted by molar-refractivity contribution is 5.86. The number of hydrogen-bond acceptors (Lipinski definition) is 5. The third-order valence-electron chi connectivity index (χ3n) is 4.04. The Labute approximate surface area is 142 Å². The molecule has 6 nitrogen and oxygen atoms in total. The number of rotatable bonds is 4. The molecule has 0 unspecified atom stereocenters. The molecule has 1 fully saturated rings. The fraction of sp³-hybridized carbons (Fsp3) is 0.333. The summed E-state index contributed by atoms with van der Waals surface area (Å²) in [5.74, 6) is 0. The van der Waals surface area contributed by atoms with Crippen LogP contribution < -0.4 is 10.2 Å². The van der Waals surface area contributed by atoms with Crippen LogP contribution in [0.4, 0.5) is 10.5 Å². The van der Waals surface area contributed by atoms with Gasteiger partial charge in [0.2, 0.25) is 0 Å². The number of pyridine rings is 1. The monoisotopic (exact) mass is 326 g/mol. The second-order valence-electron chi connectivity index (χ2n) is 5.79. The molecule has 1 saturated heterocycles. The zero-order chi connectivity index (χ0) is 16.8. The average Bonchev–Trinajstić information content (AvgIpc) is 2.63. The highest BCUT2D eigenvalue weighted by Crippen LogP contribution is 2.17. The minimum Gasteiger partial charge on any atom is -0.351 e. The molecule has 0 atom stereocenters. The molecule has 0 spiro atoms.